The maximum absolute atomic E-state index is 12.3. The summed E-state index contributed by atoms with van der Waals surface area (Å²) >= 11 is 0. The standard InChI is InChI=1S/C21H26N4O2/c26-20(23-11-12-24-21(27)19-7-4-10-22-15-19)18-8-13-25(14-9-18)16-17-5-2-1-3-6-17/h1-7,10,15,18H,8-9,11-14,16H2,(H,23,26)(H,24,27). The highest BCUT2D eigenvalue weighted by Gasteiger charge is 2.24. The predicted molar refractivity (Wildman–Crippen MR) is 104 cm³/mol. The van der Waals surface area contributed by atoms with E-state index in [2.05, 4.69) is 44.8 Å². The van der Waals surface area contributed by atoms with Gasteiger partial charge >= 0.3 is 0 Å². The Balaban J connectivity index is 1.32. The summed E-state index contributed by atoms with van der Waals surface area (Å²) in [6, 6.07) is 13.9. The molecule has 2 N–H and O–H groups in total. The summed E-state index contributed by atoms with van der Waals surface area (Å²) < 4.78 is 0. The van der Waals surface area contributed by atoms with Crippen molar-refractivity contribution in [2.45, 2.75) is 19.4 Å². The minimum Gasteiger partial charge on any atom is -0.354 e. The molecule has 0 radical (unpaired) electrons. The number of carbonyl (C=O) groups excluding carboxylic acids is 2. The molecule has 1 fully saturated rings. The van der Waals surface area contributed by atoms with E-state index in [1.165, 1.54) is 11.8 Å². The average Bonchev–Trinajstić information content (AvgIpc) is 2.73. The van der Waals surface area contributed by atoms with Crippen molar-refractivity contribution in [1.82, 2.24) is 20.5 Å². The second-order valence-corrected chi connectivity index (χ2v) is 6.82. The molecular formula is C21H26N4O2. The first-order valence-corrected chi connectivity index (χ1v) is 9.44. The molecule has 1 saturated heterocycles. The number of benzene rings is 1. The third-order valence-corrected chi connectivity index (χ3v) is 4.84. The highest BCUT2D eigenvalue weighted by atomic mass is 16.2. The molecule has 2 heterocycles. The number of nitrogens with zero attached hydrogens (tertiary/aromatic N) is 2. The van der Waals surface area contributed by atoms with E-state index >= 15 is 0 Å². The van der Waals surface area contributed by atoms with Gasteiger partial charge in [0.25, 0.3) is 5.91 Å². The minimum absolute atomic E-state index is 0.0612. The van der Waals surface area contributed by atoms with Crippen molar-refractivity contribution in [3.8, 4) is 0 Å². The molecule has 142 valence electrons. The van der Waals surface area contributed by atoms with Crippen LogP contribution in [0.1, 0.15) is 28.8 Å². The largest absolute Gasteiger partial charge is 0.354 e. The van der Waals surface area contributed by atoms with Gasteiger partial charge in [-0.2, -0.15) is 0 Å². The van der Waals surface area contributed by atoms with Gasteiger partial charge in [-0.1, -0.05) is 30.3 Å². The van der Waals surface area contributed by atoms with Gasteiger partial charge in [-0.25, -0.2) is 0 Å². The van der Waals surface area contributed by atoms with Crippen LogP contribution >= 0.6 is 0 Å². The third-order valence-electron chi connectivity index (χ3n) is 4.84. The first-order chi connectivity index (χ1) is 13.2. The number of piperidine rings is 1. The molecule has 0 bridgehead atoms. The van der Waals surface area contributed by atoms with E-state index in [1.807, 2.05) is 6.07 Å². The average molecular weight is 366 g/mol. The van der Waals surface area contributed by atoms with Gasteiger partial charge in [0, 0.05) is 37.9 Å². The Bertz CT molecular complexity index is 728. The summed E-state index contributed by atoms with van der Waals surface area (Å²) in [5.74, 6) is -0.0254. The second kappa shape index (κ2) is 9.83. The van der Waals surface area contributed by atoms with Crippen molar-refractivity contribution < 1.29 is 9.59 Å². The normalized spacial score (nSPS) is 15.3. The van der Waals surface area contributed by atoms with Crippen LogP contribution in [0.5, 0.6) is 0 Å². The summed E-state index contributed by atoms with van der Waals surface area (Å²) in [7, 11) is 0. The molecule has 0 atom stereocenters. The molecule has 6 heteroatoms. The molecule has 0 aliphatic carbocycles. The smallest absolute Gasteiger partial charge is 0.252 e. The van der Waals surface area contributed by atoms with Crippen molar-refractivity contribution in [3.05, 3.63) is 66.0 Å². The van der Waals surface area contributed by atoms with Crippen LogP contribution in [0.3, 0.4) is 0 Å². The Morgan fingerprint density at radius 3 is 2.44 bits per heavy atom. The lowest BCUT2D eigenvalue weighted by Gasteiger charge is -2.31. The van der Waals surface area contributed by atoms with E-state index in [0.29, 0.717) is 18.7 Å². The van der Waals surface area contributed by atoms with Crippen molar-refractivity contribution in [2.75, 3.05) is 26.2 Å². The number of likely N-dealkylation sites (tertiary alicyclic amines) is 1. The van der Waals surface area contributed by atoms with Crippen LogP contribution in [0.4, 0.5) is 0 Å². The predicted octanol–water partition coefficient (Wildman–Crippen LogP) is 1.84. The fourth-order valence-electron chi connectivity index (χ4n) is 3.30. The molecule has 0 saturated carbocycles. The maximum Gasteiger partial charge on any atom is 0.252 e. The summed E-state index contributed by atoms with van der Waals surface area (Å²) in [5.41, 5.74) is 1.83. The highest BCUT2D eigenvalue weighted by molar-refractivity contribution is 5.93. The van der Waals surface area contributed by atoms with Crippen LogP contribution in [0, 0.1) is 5.92 Å². The summed E-state index contributed by atoms with van der Waals surface area (Å²) in [4.78, 5) is 30.6. The zero-order valence-electron chi connectivity index (χ0n) is 15.4. The van der Waals surface area contributed by atoms with E-state index in [-0.39, 0.29) is 17.7 Å². The summed E-state index contributed by atoms with van der Waals surface area (Å²) in [5, 5.41) is 5.73. The van der Waals surface area contributed by atoms with Crippen molar-refractivity contribution in [1.29, 1.82) is 0 Å². The SMILES string of the molecule is O=C(NCCNC(=O)C1CCN(Cc2ccccc2)CC1)c1cccnc1. The van der Waals surface area contributed by atoms with Crippen molar-refractivity contribution in [3.63, 3.8) is 0 Å². The number of pyridine rings is 1. The molecule has 2 amide bonds. The van der Waals surface area contributed by atoms with Gasteiger partial charge in [0.2, 0.25) is 5.91 Å². The zero-order valence-corrected chi connectivity index (χ0v) is 15.4. The van der Waals surface area contributed by atoms with E-state index < -0.39 is 0 Å². The van der Waals surface area contributed by atoms with Gasteiger partial charge in [-0.05, 0) is 43.6 Å². The van der Waals surface area contributed by atoms with Gasteiger partial charge in [-0.3, -0.25) is 19.5 Å². The lowest BCUT2D eigenvalue weighted by molar-refractivity contribution is -0.126. The Morgan fingerprint density at radius 1 is 1.00 bits per heavy atom. The number of nitrogens with one attached hydrogen (secondary N) is 2. The number of amides is 2. The maximum atomic E-state index is 12.3. The van der Waals surface area contributed by atoms with Crippen LogP contribution in [0.25, 0.3) is 0 Å². The van der Waals surface area contributed by atoms with Crippen LogP contribution in [-0.4, -0.2) is 47.9 Å². The summed E-state index contributed by atoms with van der Waals surface area (Å²) in [6.07, 6.45) is 4.90. The van der Waals surface area contributed by atoms with Crippen LogP contribution in [0.15, 0.2) is 54.9 Å². The molecule has 0 unspecified atom stereocenters. The lowest BCUT2D eigenvalue weighted by atomic mass is 9.95. The third kappa shape index (κ3) is 5.89. The first kappa shape index (κ1) is 19.0. The van der Waals surface area contributed by atoms with Crippen LogP contribution < -0.4 is 10.6 Å². The molecular weight excluding hydrogens is 340 g/mol. The number of rotatable bonds is 7. The van der Waals surface area contributed by atoms with Crippen molar-refractivity contribution >= 4 is 11.8 Å². The zero-order chi connectivity index (χ0) is 18.9. The molecule has 1 aromatic carbocycles. The fourth-order valence-corrected chi connectivity index (χ4v) is 3.30. The summed E-state index contributed by atoms with van der Waals surface area (Å²) in [6.45, 7) is 3.66. The van der Waals surface area contributed by atoms with E-state index in [9.17, 15) is 9.59 Å². The molecule has 27 heavy (non-hydrogen) atoms. The lowest BCUT2D eigenvalue weighted by Crippen LogP contribution is -2.42. The van der Waals surface area contributed by atoms with E-state index in [4.69, 9.17) is 0 Å². The van der Waals surface area contributed by atoms with Gasteiger partial charge in [0.1, 0.15) is 0 Å². The molecule has 1 aliphatic heterocycles. The minimum atomic E-state index is -0.174. The van der Waals surface area contributed by atoms with E-state index in [0.717, 1.165) is 32.5 Å². The quantitative estimate of drug-likeness (QED) is 0.734. The number of hydrogen-bond acceptors (Lipinski definition) is 4. The molecule has 3 rings (SSSR count). The van der Waals surface area contributed by atoms with Gasteiger partial charge in [0.05, 0.1) is 5.56 Å². The fraction of sp³-hybridized carbons (Fsp3) is 0.381. The topological polar surface area (TPSA) is 74.3 Å². The van der Waals surface area contributed by atoms with E-state index in [1.54, 1.807) is 18.3 Å². The second-order valence-electron chi connectivity index (χ2n) is 6.82. The van der Waals surface area contributed by atoms with Gasteiger partial charge in [0.15, 0.2) is 0 Å². The Labute approximate surface area is 160 Å². The first-order valence-electron chi connectivity index (χ1n) is 9.44. The Kier molecular flexibility index (Phi) is 6.93. The monoisotopic (exact) mass is 366 g/mol. The number of hydrogen-bond donors (Lipinski definition) is 2. The Morgan fingerprint density at radius 2 is 1.74 bits per heavy atom. The number of carbonyl (C=O) groups is 2. The van der Waals surface area contributed by atoms with Crippen molar-refractivity contribution in [2.24, 2.45) is 5.92 Å². The molecule has 6 nitrogen and oxygen atoms in total. The molecule has 2 aromatic rings. The Hall–Kier alpha value is -2.73. The van der Waals surface area contributed by atoms with Gasteiger partial charge < -0.3 is 10.6 Å². The molecule has 1 aromatic heterocycles. The highest BCUT2D eigenvalue weighted by Crippen LogP contribution is 2.19. The van der Waals surface area contributed by atoms with Crippen LogP contribution in [-0.2, 0) is 11.3 Å². The van der Waals surface area contributed by atoms with Gasteiger partial charge in [-0.15, -0.1) is 0 Å². The van der Waals surface area contributed by atoms with Crippen LogP contribution in [0.2, 0.25) is 0 Å². The number of aromatic nitrogens is 1. The molecule has 1 aliphatic rings. The molecule has 0 spiro atoms.